The highest BCUT2D eigenvalue weighted by Crippen LogP contribution is 2.32. The molecule has 3 atom stereocenters. The van der Waals surface area contributed by atoms with Gasteiger partial charge in [-0.1, -0.05) is 19.9 Å². The number of cyclic esters (lactones) is 1. The lowest BCUT2D eigenvalue weighted by atomic mass is 10.0. The molecule has 32 heavy (non-hydrogen) atoms. The Hall–Kier alpha value is -1.91. The van der Waals surface area contributed by atoms with E-state index in [0.717, 1.165) is 5.01 Å². The number of thioether (sulfide) groups is 1. The van der Waals surface area contributed by atoms with Gasteiger partial charge in [-0.2, -0.15) is 0 Å². The Kier molecular flexibility index (Phi) is 8.35. The molecule has 2 aliphatic heterocycles. The number of hydrogen-bond acceptors (Lipinski definition) is 8. The van der Waals surface area contributed by atoms with Crippen LogP contribution in [-0.2, 0) is 25.7 Å². The third kappa shape index (κ3) is 6.11. The van der Waals surface area contributed by atoms with Crippen molar-refractivity contribution in [3.63, 3.8) is 0 Å². The van der Waals surface area contributed by atoms with Gasteiger partial charge in [0.15, 0.2) is 0 Å². The van der Waals surface area contributed by atoms with Crippen LogP contribution >= 0.6 is 34.7 Å². The number of esters is 1. The van der Waals surface area contributed by atoms with Gasteiger partial charge in [-0.3, -0.25) is 14.6 Å². The summed E-state index contributed by atoms with van der Waals surface area (Å²) in [6, 6.07) is -0.866. The van der Waals surface area contributed by atoms with E-state index in [0.29, 0.717) is 28.8 Å². The number of ether oxygens (including phenoxy) is 1. The summed E-state index contributed by atoms with van der Waals surface area (Å²) >= 11 is 8.60. The largest absolute Gasteiger partial charge is 0.456 e. The van der Waals surface area contributed by atoms with Crippen molar-refractivity contribution in [3.8, 4) is 0 Å². The highest BCUT2D eigenvalue weighted by molar-refractivity contribution is 8.14. The van der Waals surface area contributed by atoms with Gasteiger partial charge in [0.05, 0.1) is 13.0 Å². The molecule has 3 heterocycles. The predicted molar refractivity (Wildman–Crippen MR) is 127 cm³/mol. The molecule has 0 radical (unpaired) electrons. The normalized spacial score (nSPS) is 27.3. The first kappa shape index (κ1) is 24.7. The number of thiazole rings is 1. The van der Waals surface area contributed by atoms with Crippen LogP contribution in [0.25, 0.3) is 0 Å². The topological polar surface area (TPSA) is 110 Å². The molecule has 2 unspecified atom stereocenters. The third-order valence-electron chi connectivity index (χ3n) is 5.02. The number of aromatic nitrogens is 1. The zero-order valence-electron chi connectivity index (χ0n) is 18.2. The van der Waals surface area contributed by atoms with E-state index in [1.807, 2.05) is 19.2 Å². The molecule has 2 N–H and O–H groups in total. The number of amides is 2. The van der Waals surface area contributed by atoms with Crippen LogP contribution in [-0.4, -0.2) is 57.1 Å². The van der Waals surface area contributed by atoms with Crippen LogP contribution in [0.5, 0.6) is 0 Å². The minimum Gasteiger partial charge on any atom is -0.456 e. The maximum Gasteiger partial charge on any atom is 0.329 e. The molecule has 0 aliphatic carbocycles. The van der Waals surface area contributed by atoms with Crippen LogP contribution in [0.2, 0.25) is 0 Å². The number of alkyl halides is 1. The fraction of sp³-hybridized carbons (Fsp3) is 0.571. The van der Waals surface area contributed by atoms with Crippen molar-refractivity contribution in [3.05, 3.63) is 28.2 Å². The quantitative estimate of drug-likeness (QED) is 0.375. The van der Waals surface area contributed by atoms with Crippen molar-refractivity contribution in [2.45, 2.75) is 57.8 Å². The van der Waals surface area contributed by atoms with Crippen LogP contribution in [0.15, 0.2) is 22.5 Å². The predicted octanol–water partition coefficient (Wildman–Crippen LogP) is 2.65. The highest BCUT2D eigenvalue weighted by atomic mass is 35.5. The van der Waals surface area contributed by atoms with Crippen LogP contribution in [0, 0.1) is 5.92 Å². The second kappa shape index (κ2) is 10.8. The second-order valence-electron chi connectivity index (χ2n) is 8.16. The maximum atomic E-state index is 13.1. The van der Waals surface area contributed by atoms with E-state index in [1.54, 1.807) is 19.1 Å². The summed E-state index contributed by atoms with van der Waals surface area (Å²) < 4.78 is 5.63. The molecule has 1 aromatic heterocycles. The number of allylic oxidation sites excluding steroid dienone is 1. The lowest BCUT2D eigenvalue weighted by Gasteiger charge is -2.27. The number of halogens is 1. The van der Waals surface area contributed by atoms with Crippen molar-refractivity contribution in [2.24, 2.45) is 10.9 Å². The fourth-order valence-corrected chi connectivity index (χ4v) is 5.19. The van der Waals surface area contributed by atoms with Gasteiger partial charge in [0, 0.05) is 17.0 Å². The number of nitrogens with zero attached hydrogens (tertiary/aromatic N) is 2. The summed E-state index contributed by atoms with van der Waals surface area (Å²) in [6.07, 6.45) is 3.21. The van der Waals surface area contributed by atoms with Gasteiger partial charge in [0.2, 0.25) is 11.8 Å². The summed E-state index contributed by atoms with van der Waals surface area (Å²) in [5.74, 6) is -0.553. The van der Waals surface area contributed by atoms with E-state index < -0.39 is 23.7 Å². The number of nitrogens with one attached hydrogen (secondary N) is 2. The molecule has 11 heteroatoms. The number of hydrogen-bond donors (Lipinski definition) is 2. The maximum absolute atomic E-state index is 13.1. The molecule has 1 aromatic rings. The molecular formula is C21H27ClN4O4S2. The lowest BCUT2D eigenvalue weighted by Crippen LogP contribution is -2.53. The molecule has 4 bridgehead atoms. The highest BCUT2D eigenvalue weighted by Gasteiger charge is 2.41. The Balaban J connectivity index is 1.92. The molecule has 0 saturated heterocycles. The standard InChI is InChI=1S/C21H27ClN4O4S2/c1-12(2)17-19(28)30-13(6-4-5-7-22)8-15(27)23-9-16-24-14(10-31-16)18-26-21(3,11-32-18)20(29)25-17/h4,6,10,12-13,17H,5,7-9,11H2,1-3H3,(H,23,27)(H,25,29)/b6-4+/t13-,17?,21?/m1/s1. The van der Waals surface area contributed by atoms with E-state index in [-0.39, 0.29) is 30.7 Å². The smallest absolute Gasteiger partial charge is 0.329 e. The molecule has 0 spiro atoms. The Bertz CT molecular complexity index is 933. The van der Waals surface area contributed by atoms with Gasteiger partial charge in [-0.05, 0) is 25.3 Å². The minimum absolute atomic E-state index is 0.0399. The molecule has 0 saturated carbocycles. The molecule has 174 valence electrons. The molecule has 2 amide bonds. The lowest BCUT2D eigenvalue weighted by molar-refractivity contribution is -0.153. The summed E-state index contributed by atoms with van der Waals surface area (Å²) in [6.45, 7) is 5.67. The SMILES string of the molecule is CC(C)C1NC(=O)C2(C)CSC(=N2)c2csc(n2)CNC(=O)C[C@@H](/C=C/CCCl)OC1=O. The van der Waals surface area contributed by atoms with Gasteiger partial charge in [0.25, 0.3) is 0 Å². The van der Waals surface area contributed by atoms with E-state index >= 15 is 0 Å². The summed E-state index contributed by atoms with van der Waals surface area (Å²) in [7, 11) is 0. The first-order valence-corrected chi connectivity index (χ1v) is 12.8. The van der Waals surface area contributed by atoms with Gasteiger partial charge in [0.1, 0.15) is 33.4 Å². The van der Waals surface area contributed by atoms with Crippen LogP contribution < -0.4 is 10.6 Å². The molecule has 8 nitrogen and oxygen atoms in total. The molecule has 0 aromatic carbocycles. The van der Waals surface area contributed by atoms with E-state index in [4.69, 9.17) is 16.3 Å². The number of fused-ring (bicyclic) bond motifs is 4. The first-order chi connectivity index (χ1) is 15.2. The van der Waals surface area contributed by atoms with Gasteiger partial charge in [-0.15, -0.1) is 34.7 Å². The van der Waals surface area contributed by atoms with Crippen molar-refractivity contribution in [1.29, 1.82) is 0 Å². The van der Waals surface area contributed by atoms with Crippen LogP contribution in [0.1, 0.15) is 44.3 Å². The average Bonchev–Trinajstić information content (AvgIpc) is 3.37. The van der Waals surface area contributed by atoms with E-state index in [9.17, 15) is 14.4 Å². The van der Waals surface area contributed by atoms with Crippen molar-refractivity contribution < 1.29 is 19.1 Å². The number of aliphatic imine (C=N–C) groups is 1. The zero-order chi connectivity index (χ0) is 23.3. The molecule has 2 aliphatic rings. The Morgan fingerprint density at radius 3 is 2.88 bits per heavy atom. The zero-order valence-corrected chi connectivity index (χ0v) is 20.6. The monoisotopic (exact) mass is 498 g/mol. The minimum atomic E-state index is -1.01. The number of rotatable bonds is 4. The molecule has 0 fully saturated rings. The van der Waals surface area contributed by atoms with E-state index in [1.165, 1.54) is 23.1 Å². The number of carbonyl (C=O) groups excluding carboxylic acids is 3. The van der Waals surface area contributed by atoms with Gasteiger partial charge >= 0.3 is 5.97 Å². The molecule has 3 rings (SSSR count). The van der Waals surface area contributed by atoms with Crippen molar-refractivity contribution in [2.75, 3.05) is 11.6 Å². The van der Waals surface area contributed by atoms with Crippen molar-refractivity contribution in [1.82, 2.24) is 15.6 Å². The van der Waals surface area contributed by atoms with Crippen LogP contribution in [0.4, 0.5) is 0 Å². The second-order valence-corrected chi connectivity index (χ2v) is 10.4. The van der Waals surface area contributed by atoms with E-state index in [2.05, 4.69) is 20.6 Å². The first-order valence-electron chi connectivity index (χ1n) is 10.4. The number of carbonyl (C=O) groups is 3. The van der Waals surface area contributed by atoms with Gasteiger partial charge < -0.3 is 15.4 Å². The summed E-state index contributed by atoms with van der Waals surface area (Å²) in [4.78, 5) is 47.7. The fourth-order valence-electron chi connectivity index (χ4n) is 3.14. The summed E-state index contributed by atoms with van der Waals surface area (Å²) in [5, 5.41) is 8.92. The molecular weight excluding hydrogens is 472 g/mol. The van der Waals surface area contributed by atoms with Crippen LogP contribution in [0.3, 0.4) is 0 Å². The summed E-state index contributed by atoms with van der Waals surface area (Å²) in [5.41, 5.74) is -0.322. The van der Waals surface area contributed by atoms with Gasteiger partial charge in [-0.25, -0.2) is 9.78 Å². The van der Waals surface area contributed by atoms with Crippen molar-refractivity contribution >= 4 is 57.5 Å². The third-order valence-corrected chi connectivity index (χ3v) is 7.37. The Morgan fingerprint density at radius 1 is 1.38 bits per heavy atom. The Labute approximate surface area is 200 Å². The Morgan fingerprint density at radius 2 is 2.16 bits per heavy atom. The average molecular weight is 499 g/mol.